The van der Waals surface area contributed by atoms with E-state index in [0.717, 1.165) is 5.56 Å². The van der Waals surface area contributed by atoms with Gasteiger partial charge >= 0.3 is 0 Å². The second kappa shape index (κ2) is 6.42. The zero-order valence-electron chi connectivity index (χ0n) is 12.4. The van der Waals surface area contributed by atoms with Gasteiger partial charge in [-0.25, -0.2) is 13.1 Å². The van der Waals surface area contributed by atoms with E-state index in [1.807, 2.05) is 13.1 Å². The Kier molecular flexibility index (Phi) is 4.81. The number of aromatic nitrogens is 2. The van der Waals surface area contributed by atoms with Crippen LogP contribution in [0.25, 0.3) is 0 Å². The standard InChI is InChI=1S/C13H20N4O3S/c1-10-7-15-17(9-10)5-4-16-21(18,19)13-6-12(8-14-3)20-11(13)2/h6-7,9,14,16H,4-5,8H2,1-3H3. The number of hydrogen-bond acceptors (Lipinski definition) is 5. The fourth-order valence-electron chi connectivity index (χ4n) is 2.01. The van der Waals surface area contributed by atoms with Crippen LogP contribution < -0.4 is 10.0 Å². The first kappa shape index (κ1) is 15.7. The third-order valence-corrected chi connectivity index (χ3v) is 4.53. The largest absolute Gasteiger partial charge is 0.464 e. The maximum absolute atomic E-state index is 12.2. The molecule has 0 aliphatic carbocycles. The van der Waals surface area contributed by atoms with E-state index in [9.17, 15) is 8.42 Å². The summed E-state index contributed by atoms with van der Waals surface area (Å²) in [5.41, 5.74) is 1.04. The Morgan fingerprint density at radius 2 is 2.14 bits per heavy atom. The van der Waals surface area contributed by atoms with Gasteiger partial charge in [0.05, 0.1) is 19.3 Å². The molecule has 2 aromatic heterocycles. The van der Waals surface area contributed by atoms with Gasteiger partial charge in [0.25, 0.3) is 0 Å². The number of hydrogen-bond donors (Lipinski definition) is 2. The molecule has 0 fully saturated rings. The molecule has 0 aliphatic rings. The fraction of sp³-hybridized carbons (Fsp3) is 0.462. The molecule has 0 saturated carbocycles. The van der Waals surface area contributed by atoms with E-state index in [0.29, 0.717) is 24.6 Å². The topological polar surface area (TPSA) is 89.2 Å². The molecular weight excluding hydrogens is 292 g/mol. The first-order chi connectivity index (χ1) is 9.92. The summed E-state index contributed by atoms with van der Waals surface area (Å²) in [7, 11) is -1.79. The number of nitrogens with one attached hydrogen (secondary N) is 2. The SMILES string of the molecule is CNCc1cc(S(=O)(=O)NCCn2cc(C)cn2)c(C)o1. The molecule has 0 amide bonds. The minimum atomic E-state index is -3.56. The molecular formula is C13H20N4O3S. The van der Waals surface area contributed by atoms with E-state index < -0.39 is 10.0 Å². The van der Waals surface area contributed by atoms with E-state index in [1.165, 1.54) is 0 Å². The third-order valence-electron chi connectivity index (χ3n) is 2.96. The summed E-state index contributed by atoms with van der Waals surface area (Å²) in [6.45, 7) is 4.82. The number of rotatable bonds is 7. The van der Waals surface area contributed by atoms with Gasteiger partial charge < -0.3 is 9.73 Å². The summed E-state index contributed by atoms with van der Waals surface area (Å²) >= 11 is 0. The van der Waals surface area contributed by atoms with Crippen LogP contribution in [0.15, 0.2) is 27.8 Å². The predicted octanol–water partition coefficient (Wildman–Crippen LogP) is 0.791. The smallest absolute Gasteiger partial charge is 0.244 e. The molecule has 0 aliphatic heterocycles. The van der Waals surface area contributed by atoms with Crippen LogP contribution in [-0.4, -0.2) is 31.8 Å². The van der Waals surface area contributed by atoms with Gasteiger partial charge in [-0.1, -0.05) is 0 Å². The fourth-order valence-corrected chi connectivity index (χ4v) is 3.24. The zero-order valence-corrected chi connectivity index (χ0v) is 13.2. The molecule has 0 radical (unpaired) electrons. The average molecular weight is 312 g/mol. The predicted molar refractivity (Wildman–Crippen MR) is 78.4 cm³/mol. The molecule has 2 aromatic rings. The number of furan rings is 1. The molecule has 7 nitrogen and oxygen atoms in total. The van der Waals surface area contributed by atoms with Crippen molar-refractivity contribution in [2.75, 3.05) is 13.6 Å². The molecule has 0 spiro atoms. The van der Waals surface area contributed by atoms with Crippen molar-refractivity contribution >= 4 is 10.0 Å². The Bertz CT molecular complexity index is 703. The van der Waals surface area contributed by atoms with Gasteiger partial charge in [0.15, 0.2) is 0 Å². The second-order valence-electron chi connectivity index (χ2n) is 4.84. The summed E-state index contributed by atoms with van der Waals surface area (Å²) in [5, 5.41) is 7.03. The first-order valence-corrected chi connectivity index (χ1v) is 8.13. The van der Waals surface area contributed by atoms with Crippen molar-refractivity contribution in [3.8, 4) is 0 Å². The maximum atomic E-state index is 12.2. The average Bonchev–Trinajstić information content (AvgIpc) is 2.96. The van der Waals surface area contributed by atoms with Gasteiger partial charge in [0.2, 0.25) is 10.0 Å². The molecule has 21 heavy (non-hydrogen) atoms. The van der Waals surface area contributed by atoms with Gasteiger partial charge in [-0.3, -0.25) is 4.68 Å². The van der Waals surface area contributed by atoms with Crippen LogP contribution in [0.4, 0.5) is 0 Å². The summed E-state index contributed by atoms with van der Waals surface area (Å²) in [4.78, 5) is 0.185. The monoisotopic (exact) mass is 312 g/mol. The van der Waals surface area contributed by atoms with Gasteiger partial charge in [0.1, 0.15) is 16.4 Å². The highest BCUT2D eigenvalue weighted by Crippen LogP contribution is 2.19. The van der Waals surface area contributed by atoms with E-state index in [2.05, 4.69) is 15.1 Å². The number of nitrogens with zero attached hydrogens (tertiary/aromatic N) is 2. The highest BCUT2D eigenvalue weighted by Gasteiger charge is 2.20. The highest BCUT2D eigenvalue weighted by molar-refractivity contribution is 7.89. The Morgan fingerprint density at radius 3 is 2.76 bits per heavy atom. The minimum Gasteiger partial charge on any atom is -0.464 e. The minimum absolute atomic E-state index is 0.185. The lowest BCUT2D eigenvalue weighted by Gasteiger charge is -2.05. The molecule has 0 unspecified atom stereocenters. The molecule has 116 valence electrons. The Labute approximate surface area is 124 Å². The molecule has 8 heteroatoms. The van der Waals surface area contributed by atoms with E-state index >= 15 is 0 Å². The van der Waals surface area contributed by atoms with Crippen molar-refractivity contribution in [2.24, 2.45) is 0 Å². The summed E-state index contributed by atoms with van der Waals surface area (Å²) in [6.07, 6.45) is 3.60. The lowest BCUT2D eigenvalue weighted by Crippen LogP contribution is -2.27. The van der Waals surface area contributed by atoms with Crippen LogP contribution in [0, 0.1) is 13.8 Å². The lowest BCUT2D eigenvalue weighted by atomic mass is 10.4. The number of sulfonamides is 1. The van der Waals surface area contributed by atoms with Crippen molar-refractivity contribution in [1.29, 1.82) is 0 Å². The second-order valence-corrected chi connectivity index (χ2v) is 6.58. The van der Waals surface area contributed by atoms with Gasteiger partial charge in [-0.2, -0.15) is 5.10 Å². The van der Waals surface area contributed by atoms with E-state index in [1.54, 1.807) is 30.9 Å². The van der Waals surface area contributed by atoms with Crippen molar-refractivity contribution < 1.29 is 12.8 Å². The molecule has 2 N–H and O–H groups in total. The van der Waals surface area contributed by atoms with Crippen molar-refractivity contribution in [2.45, 2.75) is 31.8 Å². The van der Waals surface area contributed by atoms with Crippen LogP contribution in [-0.2, 0) is 23.1 Å². The molecule has 0 bridgehead atoms. The molecule has 0 aromatic carbocycles. The van der Waals surface area contributed by atoms with E-state index in [-0.39, 0.29) is 11.4 Å². The normalized spacial score (nSPS) is 12.0. The number of aryl methyl sites for hydroxylation is 2. The first-order valence-electron chi connectivity index (χ1n) is 6.65. The van der Waals surface area contributed by atoms with Crippen LogP contribution in [0.1, 0.15) is 17.1 Å². The van der Waals surface area contributed by atoms with Crippen molar-refractivity contribution in [3.05, 3.63) is 35.5 Å². The highest BCUT2D eigenvalue weighted by atomic mass is 32.2. The summed E-state index contributed by atoms with van der Waals surface area (Å²) in [5.74, 6) is 0.987. The van der Waals surface area contributed by atoms with Gasteiger partial charge in [0, 0.05) is 18.8 Å². The molecule has 0 atom stereocenters. The van der Waals surface area contributed by atoms with E-state index in [4.69, 9.17) is 4.42 Å². The summed E-state index contributed by atoms with van der Waals surface area (Å²) < 4.78 is 34.2. The van der Waals surface area contributed by atoms with Crippen LogP contribution >= 0.6 is 0 Å². The molecule has 0 saturated heterocycles. The quantitative estimate of drug-likeness (QED) is 0.789. The molecule has 2 heterocycles. The van der Waals surface area contributed by atoms with Crippen molar-refractivity contribution in [1.82, 2.24) is 19.8 Å². The maximum Gasteiger partial charge on any atom is 0.244 e. The Balaban J connectivity index is 2.01. The van der Waals surface area contributed by atoms with Crippen LogP contribution in [0.5, 0.6) is 0 Å². The zero-order chi connectivity index (χ0) is 15.5. The summed E-state index contributed by atoms with van der Waals surface area (Å²) in [6, 6.07) is 1.55. The van der Waals surface area contributed by atoms with Crippen molar-refractivity contribution in [3.63, 3.8) is 0 Å². The Hall–Kier alpha value is -1.64. The van der Waals surface area contributed by atoms with Gasteiger partial charge in [-0.05, 0) is 26.5 Å². The van der Waals surface area contributed by atoms with Crippen LogP contribution in [0.2, 0.25) is 0 Å². The van der Waals surface area contributed by atoms with Gasteiger partial charge in [-0.15, -0.1) is 0 Å². The lowest BCUT2D eigenvalue weighted by molar-refractivity contribution is 0.465. The third kappa shape index (κ3) is 3.93. The molecule has 2 rings (SSSR count). The Morgan fingerprint density at radius 1 is 1.38 bits per heavy atom. The van der Waals surface area contributed by atoms with Crippen LogP contribution in [0.3, 0.4) is 0 Å².